The summed E-state index contributed by atoms with van der Waals surface area (Å²) in [4.78, 5) is 0. The van der Waals surface area contributed by atoms with Gasteiger partial charge < -0.3 is 21.7 Å². The van der Waals surface area contributed by atoms with E-state index in [1.54, 1.807) is 0 Å². The summed E-state index contributed by atoms with van der Waals surface area (Å²) < 4.78 is 0. The molecule has 0 aromatic heterocycles. The zero-order valence-corrected chi connectivity index (χ0v) is 7.35. The minimum absolute atomic E-state index is 0. The molecule has 4 nitrogen and oxygen atoms in total. The second-order valence-electron chi connectivity index (χ2n) is 2.38. The molecule has 0 saturated carbocycles. The van der Waals surface area contributed by atoms with Crippen molar-refractivity contribution in [2.75, 3.05) is 11.5 Å². The van der Waals surface area contributed by atoms with Gasteiger partial charge >= 0.3 is 0 Å². The van der Waals surface area contributed by atoms with E-state index in [1.165, 1.54) is 13.0 Å². The molecule has 0 saturated heterocycles. The van der Waals surface area contributed by atoms with E-state index in [4.69, 9.17) is 11.5 Å². The van der Waals surface area contributed by atoms with Gasteiger partial charge in [-0.05, 0) is 13.0 Å². The Hall–Kier alpha value is -1.29. The lowest BCUT2D eigenvalue weighted by Gasteiger charge is -2.07. The van der Waals surface area contributed by atoms with Crippen molar-refractivity contribution in [1.82, 2.24) is 0 Å². The highest BCUT2D eigenvalue weighted by molar-refractivity contribution is 5.85. The Kier molecular flexibility index (Phi) is 3.04. The Balaban J connectivity index is 0.00000121. The summed E-state index contributed by atoms with van der Waals surface area (Å²) >= 11 is 0. The molecule has 0 heterocycles. The molecule has 5 heteroatoms. The number of phenolic OH excluding ortho intramolecular Hbond substituents is 2. The molecule has 6 N–H and O–H groups in total. The van der Waals surface area contributed by atoms with Crippen molar-refractivity contribution in [2.24, 2.45) is 0 Å². The Bertz CT molecular complexity index is 276. The first-order valence-corrected chi connectivity index (χ1v) is 3.10. The predicted octanol–water partition coefficient (Wildman–Crippen LogP) is 0.992. The normalized spacial score (nSPS) is 9.08. The van der Waals surface area contributed by atoms with E-state index in [1.807, 2.05) is 0 Å². The third kappa shape index (κ3) is 1.48. The number of nitrogen functional groups attached to an aromatic ring is 2. The zero-order chi connectivity index (χ0) is 8.59. The summed E-state index contributed by atoms with van der Waals surface area (Å²) in [5.41, 5.74) is 11.4. The molecule has 0 radical (unpaired) electrons. The average Bonchev–Trinajstić information content (AvgIpc) is 1.97. The van der Waals surface area contributed by atoms with Crippen molar-refractivity contribution in [1.29, 1.82) is 0 Å². The summed E-state index contributed by atoms with van der Waals surface area (Å²) in [5, 5.41) is 18.3. The quantitative estimate of drug-likeness (QED) is 0.279. The van der Waals surface area contributed by atoms with E-state index in [2.05, 4.69) is 0 Å². The topological polar surface area (TPSA) is 92.5 Å². The molecule has 0 bridgehead atoms. The van der Waals surface area contributed by atoms with Crippen LogP contribution in [0.25, 0.3) is 0 Å². The SMILES string of the molecule is Cc1c(O)c(N)cc(N)c1O.Cl. The molecule has 1 rings (SSSR count). The van der Waals surface area contributed by atoms with Crippen LogP contribution in [0.2, 0.25) is 0 Å². The lowest BCUT2D eigenvalue weighted by Crippen LogP contribution is -1.93. The molecule has 0 aliphatic heterocycles. The van der Waals surface area contributed by atoms with Crippen molar-refractivity contribution in [3.8, 4) is 11.5 Å². The van der Waals surface area contributed by atoms with Crippen LogP contribution in [-0.2, 0) is 0 Å². The number of rotatable bonds is 0. The Morgan fingerprint density at radius 2 is 1.42 bits per heavy atom. The third-order valence-electron chi connectivity index (χ3n) is 1.57. The first-order chi connectivity index (χ1) is 5.04. The Morgan fingerprint density at radius 1 is 1.08 bits per heavy atom. The van der Waals surface area contributed by atoms with E-state index in [-0.39, 0.29) is 35.3 Å². The van der Waals surface area contributed by atoms with Gasteiger partial charge in [0.2, 0.25) is 0 Å². The van der Waals surface area contributed by atoms with Gasteiger partial charge in [-0.1, -0.05) is 0 Å². The summed E-state index contributed by atoms with van der Waals surface area (Å²) in [6, 6.07) is 1.32. The molecule has 1 aromatic rings. The standard InChI is InChI=1S/C7H10N2O2.ClH/c1-3-6(10)4(8)2-5(9)7(3)11;/h2,10-11H,8-9H2,1H3;1H. The average molecular weight is 191 g/mol. The fourth-order valence-electron chi connectivity index (χ4n) is 0.849. The van der Waals surface area contributed by atoms with E-state index in [9.17, 15) is 10.2 Å². The van der Waals surface area contributed by atoms with Crippen LogP contribution < -0.4 is 11.5 Å². The van der Waals surface area contributed by atoms with Gasteiger partial charge in [-0.25, -0.2) is 0 Å². The van der Waals surface area contributed by atoms with Crippen LogP contribution in [0.15, 0.2) is 6.07 Å². The molecule has 0 aliphatic rings. The minimum atomic E-state index is -0.114. The fraction of sp³-hybridized carbons (Fsp3) is 0.143. The predicted molar refractivity (Wildman–Crippen MR) is 50.6 cm³/mol. The first-order valence-electron chi connectivity index (χ1n) is 3.10. The number of hydrogen-bond acceptors (Lipinski definition) is 4. The molecule has 0 unspecified atom stereocenters. The number of hydrogen-bond donors (Lipinski definition) is 4. The van der Waals surface area contributed by atoms with Crippen LogP contribution in [0.1, 0.15) is 5.56 Å². The van der Waals surface area contributed by atoms with Crippen LogP contribution in [0.5, 0.6) is 11.5 Å². The summed E-state index contributed by atoms with van der Waals surface area (Å²) in [5.74, 6) is -0.228. The van der Waals surface area contributed by atoms with Gasteiger partial charge in [0.15, 0.2) is 0 Å². The van der Waals surface area contributed by atoms with Crippen LogP contribution >= 0.6 is 12.4 Å². The first kappa shape index (κ1) is 10.7. The molecular weight excluding hydrogens is 180 g/mol. The molecule has 0 spiro atoms. The van der Waals surface area contributed by atoms with Gasteiger partial charge in [0.05, 0.1) is 11.4 Å². The Morgan fingerprint density at radius 3 is 1.75 bits per heavy atom. The summed E-state index contributed by atoms with van der Waals surface area (Å²) in [6.07, 6.45) is 0. The molecule has 1 aromatic carbocycles. The highest BCUT2D eigenvalue weighted by Gasteiger charge is 2.08. The third-order valence-corrected chi connectivity index (χ3v) is 1.57. The molecule has 0 aliphatic carbocycles. The number of aromatic hydroxyl groups is 2. The minimum Gasteiger partial charge on any atom is -0.505 e. The smallest absolute Gasteiger partial charge is 0.145 e. The van der Waals surface area contributed by atoms with Crippen molar-refractivity contribution >= 4 is 23.8 Å². The molecule has 12 heavy (non-hydrogen) atoms. The summed E-state index contributed by atoms with van der Waals surface area (Å²) in [7, 11) is 0. The number of phenols is 2. The molecule has 0 fully saturated rings. The zero-order valence-electron chi connectivity index (χ0n) is 6.53. The maximum absolute atomic E-state index is 9.17. The van der Waals surface area contributed by atoms with Gasteiger partial charge in [0.1, 0.15) is 11.5 Å². The van der Waals surface area contributed by atoms with E-state index < -0.39 is 0 Å². The van der Waals surface area contributed by atoms with Gasteiger partial charge in [-0.3, -0.25) is 0 Å². The fourth-order valence-corrected chi connectivity index (χ4v) is 0.849. The lowest BCUT2D eigenvalue weighted by molar-refractivity contribution is 0.446. The second-order valence-corrected chi connectivity index (χ2v) is 2.38. The van der Waals surface area contributed by atoms with Crippen molar-refractivity contribution in [3.05, 3.63) is 11.6 Å². The van der Waals surface area contributed by atoms with Crippen LogP contribution in [0, 0.1) is 6.92 Å². The molecule has 0 atom stereocenters. The van der Waals surface area contributed by atoms with E-state index in [0.29, 0.717) is 5.56 Å². The van der Waals surface area contributed by atoms with Crippen molar-refractivity contribution in [3.63, 3.8) is 0 Å². The van der Waals surface area contributed by atoms with Crippen molar-refractivity contribution in [2.45, 2.75) is 6.92 Å². The number of anilines is 2. The second kappa shape index (κ2) is 3.40. The van der Waals surface area contributed by atoms with Gasteiger partial charge in [0.25, 0.3) is 0 Å². The number of nitrogens with two attached hydrogens (primary N) is 2. The van der Waals surface area contributed by atoms with Gasteiger partial charge in [0, 0.05) is 5.56 Å². The van der Waals surface area contributed by atoms with E-state index in [0.717, 1.165) is 0 Å². The molecule has 0 amide bonds. The molecular formula is C7H11ClN2O2. The summed E-state index contributed by atoms with van der Waals surface area (Å²) in [6.45, 7) is 1.54. The number of halogens is 1. The maximum Gasteiger partial charge on any atom is 0.145 e. The van der Waals surface area contributed by atoms with Gasteiger partial charge in [-0.15, -0.1) is 12.4 Å². The maximum atomic E-state index is 9.17. The van der Waals surface area contributed by atoms with Crippen LogP contribution in [0.3, 0.4) is 0 Å². The highest BCUT2D eigenvalue weighted by atomic mass is 35.5. The monoisotopic (exact) mass is 190 g/mol. The largest absolute Gasteiger partial charge is 0.505 e. The highest BCUT2D eigenvalue weighted by Crippen LogP contribution is 2.36. The van der Waals surface area contributed by atoms with Crippen molar-refractivity contribution < 1.29 is 10.2 Å². The lowest BCUT2D eigenvalue weighted by atomic mass is 10.1. The Labute approximate surface area is 76.2 Å². The number of benzene rings is 1. The van der Waals surface area contributed by atoms with Crippen LogP contribution in [0.4, 0.5) is 11.4 Å². The van der Waals surface area contributed by atoms with Gasteiger partial charge in [-0.2, -0.15) is 0 Å². The van der Waals surface area contributed by atoms with Crippen LogP contribution in [-0.4, -0.2) is 10.2 Å². The molecule has 68 valence electrons. The van der Waals surface area contributed by atoms with E-state index >= 15 is 0 Å².